The lowest BCUT2D eigenvalue weighted by Crippen LogP contribution is -2.41. The van der Waals surface area contributed by atoms with Gasteiger partial charge in [0.2, 0.25) is 15.9 Å². The van der Waals surface area contributed by atoms with Crippen molar-refractivity contribution in [2.75, 3.05) is 35.1 Å². The number of carbonyl (C=O) groups is 1. The van der Waals surface area contributed by atoms with Gasteiger partial charge >= 0.3 is 0 Å². The molecule has 1 fully saturated rings. The Morgan fingerprint density at radius 3 is 2.44 bits per heavy atom. The van der Waals surface area contributed by atoms with Crippen LogP contribution in [0, 0.1) is 19.8 Å². The van der Waals surface area contributed by atoms with Gasteiger partial charge < -0.3 is 10.2 Å². The molecule has 1 aliphatic rings. The summed E-state index contributed by atoms with van der Waals surface area (Å²) in [7, 11) is -3.60. The van der Waals surface area contributed by atoms with Crippen molar-refractivity contribution >= 4 is 27.3 Å². The molecule has 0 aromatic heterocycles. The lowest BCUT2D eigenvalue weighted by Gasteiger charge is -2.33. The summed E-state index contributed by atoms with van der Waals surface area (Å²) in [5.41, 5.74) is 4.75. The fourth-order valence-corrected chi connectivity index (χ4v) is 5.03. The van der Waals surface area contributed by atoms with Crippen molar-refractivity contribution in [3.8, 4) is 0 Å². The van der Waals surface area contributed by atoms with Gasteiger partial charge in [-0.2, -0.15) is 0 Å². The van der Waals surface area contributed by atoms with E-state index in [9.17, 15) is 13.2 Å². The normalized spacial score (nSPS) is 17.7. The van der Waals surface area contributed by atoms with E-state index >= 15 is 0 Å². The average molecular weight is 458 g/mol. The third kappa shape index (κ3) is 6.03. The van der Waals surface area contributed by atoms with Gasteiger partial charge in [-0.3, -0.25) is 9.10 Å². The summed E-state index contributed by atoms with van der Waals surface area (Å²) in [4.78, 5) is 15.1. The fraction of sp³-hybridized carbons (Fsp3) is 0.480. The van der Waals surface area contributed by atoms with Crippen molar-refractivity contribution in [1.82, 2.24) is 5.32 Å². The highest BCUT2D eigenvalue weighted by atomic mass is 32.2. The fourth-order valence-electron chi connectivity index (χ4n) is 4.18. The Bertz CT molecular complexity index is 1050. The van der Waals surface area contributed by atoms with Crippen molar-refractivity contribution in [2.45, 2.75) is 46.6 Å². The highest BCUT2D eigenvalue weighted by Gasteiger charge is 2.22. The zero-order chi connectivity index (χ0) is 23.5. The van der Waals surface area contributed by atoms with Crippen LogP contribution in [0.1, 0.15) is 49.4 Å². The van der Waals surface area contributed by atoms with Crippen molar-refractivity contribution < 1.29 is 13.2 Å². The minimum Gasteiger partial charge on any atom is -0.371 e. The molecule has 174 valence electrons. The second kappa shape index (κ2) is 9.94. The molecule has 0 radical (unpaired) electrons. The number of benzene rings is 2. The van der Waals surface area contributed by atoms with E-state index in [1.165, 1.54) is 18.5 Å². The molecule has 0 spiro atoms. The Labute approximate surface area is 192 Å². The van der Waals surface area contributed by atoms with Crippen LogP contribution in [-0.4, -0.2) is 40.2 Å². The molecule has 3 rings (SSSR count). The first-order valence-electron chi connectivity index (χ1n) is 11.2. The van der Waals surface area contributed by atoms with Crippen molar-refractivity contribution in [3.05, 3.63) is 59.2 Å². The second-order valence-electron chi connectivity index (χ2n) is 9.11. The Kier molecular flexibility index (Phi) is 7.49. The standard InChI is InChI=1S/C25H35N3O3S/c1-18-7-6-14-27(16-18)23-12-9-22(10-13-23)21(4)26-25(29)17-28(32(5,30)31)24-11-8-19(2)20(3)15-24/h8-13,15,18,21H,6-7,14,16-17H2,1-5H3,(H,26,29). The highest BCUT2D eigenvalue weighted by molar-refractivity contribution is 7.92. The quantitative estimate of drug-likeness (QED) is 0.677. The van der Waals surface area contributed by atoms with Crippen LogP contribution in [0.2, 0.25) is 0 Å². The minimum atomic E-state index is -3.60. The summed E-state index contributed by atoms with van der Waals surface area (Å²) < 4.78 is 25.9. The molecule has 1 N–H and O–H groups in total. The predicted molar refractivity (Wildman–Crippen MR) is 132 cm³/mol. The molecule has 32 heavy (non-hydrogen) atoms. The summed E-state index contributed by atoms with van der Waals surface area (Å²) in [6.45, 7) is 9.99. The van der Waals surface area contributed by atoms with Gasteiger partial charge in [-0.25, -0.2) is 8.42 Å². The molecule has 0 bridgehead atoms. The number of amides is 1. The van der Waals surface area contributed by atoms with E-state index < -0.39 is 10.0 Å². The second-order valence-corrected chi connectivity index (χ2v) is 11.0. The average Bonchev–Trinajstić information content (AvgIpc) is 2.73. The van der Waals surface area contributed by atoms with E-state index in [2.05, 4.69) is 29.3 Å². The smallest absolute Gasteiger partial charge is 0.241 e. The SMILES string of the molecule is Cc1ccc(N(CC(=O)NC(C)c2ccc(N3CCCC(C)C3)cc2)S(C)(=O)=O)cc1C. The molecule has 7 heteroatoms. The largest absolute Gasteiger partial charge is 0.371 e. The predicted octanol–water partition coefficient (Wildman–Crippen LogP) is 4.18. The zero-order valence-electron chi connectivity index (χ0n) is 19.8. The van der Waals surface area contributed by atoms with Gasteiger partial charge in [0.05, 0.1) is 18.0 Å². The Balaban J connectivity index is 1.66. The van der Waals surface area contributed by atoms with E-state index in [0.717, 1.165) is 40.3 Å². The zero-order valence-corrected chi connectivity index (χ0v) is 20.6. The van der Waals surface area contributed by atoms with E-state index in [1.807, 2.05) is 39.0 Å². The Morgan fingerprint density at radius 1 is 1.16 bits per heavy atom. The van der Waals surface area contributed by atoms with Crippen LogP contribution in [0.3, 0.4) is 0 Å². The van der Waals surface area contributed by atoms with Crippen molar-refractivity contribution in [3.63, 3.8) is 0 Å². The molecule has 1 heterocycles. The summed E-state index contributed by atoms with van der Waals surface area (Å²) in [6, 6.07) is 13.5. The summed E-state index contributed by atoms with van der Waals surface area (Å²) in [5, 5.41) is 2.94. The molecule has 2 aromatic rings. The maximum atomic E-state index is 12.7. The van der Waals surface area contributed by atoms with E-state index in [0.29, 0.717) is 11.6 Å². The van der Waals surface area contributed by atoms with Crippen LogP contribution in [-0.2, 0) is 14.8 Å². The monoisotopic (exact) mass is 457 g/mol. The molecule has 6 nitrogen and oxygen atoms in total. The van der Waals surface area contributed by atoms with Crippen LogP contribution in [0.15, 0.2) is 42.5 Å². The summed E-state index contributed by atoms with van der Waals surface area (Å²) in [6.07, 6.45) is 3.62. The number of hydrogen-bond acceptors (Lipinski definition) is 4. The molecule has 1 saturated heterocycles. The third-order valence-electron chi connectivity index (χ3n) is 6.26. The van der Waals surface area contributed by atoms with Gasteiger partial charge in [0, 0.05) is 18.8 Å². The number of nitrogens with one attached hydrogen (secondary N) is 1. The number of nitrogens with zero attached hydrogens (tertiary/aromatic N) is 2. The third-order valence-corrected chi connectivity index (χ3v) is 7.40. The minimum absolute atomic E-state index is 0.224. The maximum absolute atomic E-state index is 12.7. The first-order valence-corrected chi connectivity index (χ1v) is 13.1. The Morgan fingerprint density at radius 2 is 1.84 bits per heavy atom. The van der Waals surface area contributed by atoms with Crippen LogP contribution in [0.5, 0.6) is 0 Å². The van der Waals surface area contributed by atoms with E-state index in [1.54, 1.807) is 12.1 Å². The van der Waals surface area contributed by atoms with Crippen LogP contribution in [0.25, 0.3) is 0 Å². The van der Waals surface area contributed by atoms with Crippen LogP contribution < -0.4 is 14.5 Å². The van der Waals surface area contributed by atoms with E-state index in [4.69, 9.17) is 0 Å². The summed E-state index contributed by atoms with van der Waals surface area (Å²) in [5.74, 6) is 0.367. The first-order chi connectivity index (χ1) is 15.0. The topological polar surface area (TPSA) is 69.7 Å². The number of anilines is 2. The molecule has 2 unspecified atom stereocenters. The lowest BCUT2D eigenvalue weighted by molar-refractivity contribution is -0.120. The maximum Gasteiger partial charge on any atom is 0.241 e. The number of aryl methyl sites for hydroxylation is 2. The molecule has 0 saturated carbocycles. The molecular formula is C25H35N3O3S. The molecule has 1 aliphatic heterocycles. The molecule has 0 aliphatic carbocycles. The van der Waals surface area contributed by atoms with Gasteiger partial charge in [-0.15, -0.1) is 0 Å². The molecule has 2 aromatic carbocycles. The van der Waals surface area contributed by atoms with Gasteiger partial charge in [0.15, 0.2) is 0 Å². The van der Waals surface area contributed by atoms with Crippen LogP contribution >= 0.6 is 0 Å². The number of piperidine rings is 1. The molecular weight excluding hydrogens is 422 g/mol. The molecule has 2 atom stereocenters. The Hall–Kier alpha value is -2.54. The van der Waals surface area contributed by atoms with E-state index in [-0.39, 0.29) is 18.5 Å². The highest BCUT2D eigenvalue weighted by Crippen LogP contribution is 2.25. The van der Waals surface area contributed by atoms with Gasteiger partial charge in [-0.1, -0.05) is 25.1 Å². The first kappa shape index (κ1) is 24.1. The van der Waals surface area contributed by atoms with Gasteiger partial charge in [-0.05, 0) is 80.5 Å². The number of rotatable bonds is 7. The number of sulfonamides is 1. The van der Waals surface area contributed by atoms with Crippen LogP contribution in [0.4, 0.5) is 11.4 Å². The lowest BCUT2D eigenvalue weighted by atomic mass is 9.99. The number of carbonyl (C=O) groups excluding carboxylic acids is 1. The van der Waals surface area contributed by atoms with Gasteiger partial charge in [0.25, 0.3) is 0 Å². The van der Waals surface area contributed by atoms with Crippen molar-refractivity contribution in [2.24, 2.45) is 5.92 Å². The number of hydrogen-bond donors (Lipinski definition) is 1. The van der Waals surface area contributed by atoms with Crippen molar-refractivity contribution in [1.29, 1.82) is 0 Å². The van der Waals surface area contributed by atoms with Gasteiger partial charge in [0.1, 0.15) is 6.54 Å². The summed E-state index contributed by atoms with van der Waals surface area (Å²) >= 11 is 0. The molecule has 1 amide bonds.